The Balaban J connectivity index is 2.34. The lowest BCUT2D eigenvalue weighted by atomic mass is 10.2. The summed E-state index contributed by atoms with van der Waals surface area (Å²) < 4.78 is 21.4. The molecule has 0 bridgehead atoms. The van der Waals surface area contributed by atoms with E-state index in [9.17, 15) is 4.57 Å². The summed E-state index contributed by atoms with van der Waals surface area (Å²) in [5, 5.41) is 0. The van der Waals surface area contributed by atoms with Crippen LogP contribution in [-0.4, -0.2) is 23.4 Å². The van der Waals surface area contributed by atoms with E-state index in [1.165, 1.54) is 0 Å². The van der Waals surface area contributed by atoms with Gasteiger partial charge in [0.2, 0.25) is 0 Å². The van der Waals surface area contributed by atoms with Crippen LogP contribution in [0.5, 0.6) is 0 Å². The molecule has 19 heavy (non-hydrogen) atoms. The van der Waals surface area contributed by atoms with Crippen LogP contribution in [0, 0.1) is 0 Å². The predicted molar refractivity (Wildman–Crippen MR) is 79.5 cm³/mol. The van der Waals surface area contributed by atoms with Gasteiger partial charge < -0.3 is 4.52 Å². The highest BCUT2D eigenvalue weighted by Gasteiger charge is 2.43. The second-order valence-electron chi connectivity index (χ2n) is 5.61. The molecular formula is C15H24NO2P. The lowest BCUT2D eigenvalue weighted by molar-refractivity contribution is 0.123. The van der Waals surface area contributed by atoms with E-state index in [0.29, 0.717) is 0 Å². The minimum Gasteiger partial charge on any atom is -0.314 e. The van der Waals surface area contributed by atoms with Gasteiger partial charge in [-0.2, -0.15) is 0 Å². The minimum absolute atomic E-state index is 0.0759. The minimum atomic E-state index is -2.82. The quantitative estimate of drug-likeness (QED) is 0.766. The van der Waals surface area contributed by atoms with Gasteiger partial charge in [-0.3, -0.25) is 4.57 Å². The van der Waals surface area contributed by atoms with E-state index in [-0.39, 0.29) is 17.8 Å². The first kappa shape index (κ1) is 14.8. The van der Waals surface area contributed by atoms with Crippen molar-refractivity contribution in [3.05, 3.63) is 35.9 Å². The van der Waals surface area contributed by atoms with Crippen molar-refractivity contribution >= 4 is 7.52 Å². The second kappa shape index (κ2) is 5.78. The lowest BCUT2D eigenvalue weighted by Gasteiger charge is -2.43. The summed E-state index contributed by atoms with van der Waals surface area (Å²) >= 11 is 0. The zero-order valence-electron chi connectivity index (χ0n) is 12.2. The molecule has 1 heterocycles. The van der Waals surface area contributed by atoms with Crippen molar-refractivity contribution in [2.45, 2.75) is 51.9 Å². The average Bonchev–Trinajstić information content (AvgIpc) is 2.38. The van der Waals surface area contributed by atoms with E-state index in [4.69, 9.17) is 4.52 Å². The highest BCUT2D eigenvalue weighted by Crippen LogP contribution is 2.65. The maximum absolute atomic E-state index is 13.4. The van der Waals surface area contributed by atoms with Crippen molar-refractivity contribution in [1.82, 2.24) is 4.67 Å². The molecule has 3 atom stereocenters. The molecule has 0 unspecified atom stereocenters. The molecule has 1 fully saturated rings. The number of hydrogen-bond donors (Lipinski definition) is 0. The van der Waals surface area contributed by atoms with Gasteiger partial charge in [0.25, 0.3) is 7.52 Å². The Morgan fingerprint density at radius 1 is 1.26 bits per heavy atom. The first-order valence-electron chi connectivity index (χ1n) is 7.05. The molecule has 1 aliphatic rings. The fraction of sp³-hybridized carbons (Fsp3) is 0.600. The smallest absolute Gasteiger partial charge is 0.279 e. The molecule has 106 valence electrons. The number of benzene rings is 1. The van der Waals surface area contributed by atoms with E-state index in [1.54, 1.807) is 0 Å². The maximum atomic E-state index is 13.4. The molecule has 4 heteroatoms. The predicted octanol–water partition coefficient (Wildman–Crippen LogP) is 4.46. The molecule has 3 nitrogen and oxygen atoms in total. The largest absolute Gasteiger partial charge is 0.314 e. The number of hydrogen-bond acceptors (Lipinski definition) is 2. The third kappa shape index (κ3) is 2.94. The van der Waals surface area contributed by atoms with Gasteiger partial charge in [0.1, 0.15) is 0 Å². The Bertz CT molecular complexity index is 460. The second-order valence-corrected chi connectivity index (χ2v) is 8.24. The van der Waals surface area contributed by atoms with Crippen LogP contribution < -0.4 is 0 Å². The van der Waals surface area contributed by atoms with Crippen LogP contribution in [-0.2, 0) is 9.09 Å². The summed E-state index contributed by atoms with van der Waals surface area (Å²) in [4.78, 5) is 0. The molecule has 0 amide bonds. The third-order valence-corrected chi connectivity index (χ3v) is 7.14. The number of rotatable bonds is 3. The van der Waals surface area contributed by atoms with E-state index >= 15 is 0 Å². The molecule has 1 aromatic rings. The molecule has 1 aromatic carbocycles. The van der Waals surface area contributed by atoms with Gasteiger partial charge in [-0.25, -0.2) is 4.67 Å². The lowest BCUT2D eigenvalue weighted by Crippen LogP contribution is -2.38. The average molecular weight is 281 g/mol. The normalized spacial score (nSPS) is 30.5. The molecule has 0 N–H and O–H groups in total. The first-order chi connectivity index (χ1) is 8.95. The SMILES string of the molecule is CC(C)N1CC[C@H](C)O[P@@]1(=O)[C@@H](C)c1ccccc1. The van der Waals surface area contributed by atoms with Crippen LogP contribution in [0.3, 0.4) is 0 Å². The highest BCUT2D eigenvalue weighted by atomic mass is 31.2. The summed E-state index contributed by atoms with van der Waals surface area (Å²) in [5.41, 5.74) is 1.00. The van der Waals surface area contributed by atoms with E-state index in [1.807, 2.05) is 44.2 Å². The van der Waals surface area contributed by atoms with Gasteiger partial charge in [0.05, 0.1) is 11.8 Å². The zero-order valence-corrected chi connectivity index (χ0v) is 13.1. The molecule has 1 aliphatic heterocycles. The molecule has 0 spiro atoms. The summed E-state index contributed by atoms with van der Waals surface area (Å²) in [6.45, 7) is 9.06. The first-order valence-corrected chi connectivity index (χ1v) is 8.70. The Kier molecular flexibility index (Phi) is 4.50. The Morgan fingerprint density at radius 2 is 1.89 bits per heavy atom. The summed E-state index contributed by atoms with van der Waals surface area (Å²) in [7, 11) is -2.82. The van der Waals surface area contributed by atoms with Crippen molar-refractivity contribution in [1.29, 1.82) is 0 Å². The van der Waals surface area contributed by atoms with Gasteiger partial charge in [0.15, 0.2) is 0 Å². The van der Waals surface area contributed by atoms with Crippen LogP contribution >= 0.6 is 7.52 Å². The van der Waals surface area contributed by atoms with E-state index in [0.717, 1.165) is 18.5 Å². The van der Waals surface area contributed by atoms with E-state index < -0.39 is 7.52 Å². The fourth-order valence-corrected chi connectivity index (χ4v) is 5.59. The molecule has 0 aliphatic carbocycles. The Morgan fingerprint density at radius 3 is 2.47 bits per heavy atom. The van der Waals surface area contributed by atoms with Gasteiger partial charge in [-0.15, -0.1) is 0 Å². The maximum Gasteiger partial charge on any atom is 0.279 e. The van der Waals surface area contributed by atoms with Crippen molar-refractivity contribution in [3.63, 3.8) is 0 Å². The Labute approximate surface area is 116 Å². The fourth-order valence-electron chi connectivity index (χ4n) is 2.64. The van der Waals surface area contributed by atoms with Crippen molar-refractivity contribution in [2.24, 2.45) is 0 Å². The van der Waals surface area contributed by atoms with Crippen LogP contribution in [0.2, 0.25) is 0 Å². The van der Waals surface area contributed by atoms with Gasteiger partial charge in [-0.05, 0) is 39.7 Å². The monoisotopic (exact) mass is 281 g/mol. The van der Waals surface area contributed by atoms with Crippen molar-refractivity contribution in [2.75, 3.05) is 6.54 Å². The standard InChI is InChI=1S/C15H24NO2P/c1-12(2)16-11-10-13(3)18-19(16,17)14(4)15-8-6-5-7-9-15/h5-9,12-14H,10-11H2,1-4H3/t13-,14-,19-/m0/s1. The van der Waals surface area contributed by atoms with Crippen molar-refractivity contribution in [3.8, 4) is 0 Å². The van der Waals surface area contributed by atoms with Crippen LogP contribution in [0.4, 0.5) is 0 Å². The van der Waals surface area contributed by atoms with Gasteiger partial charge >= 0.3 is 0 Å². The van der Waals surface area contributed by atoms with Crippen LogP contribution in [0.1, 0.15) is 45.3 Å². The van der Waals surface area contributed by atoms with Crippen LogP contribution in [0.25, 0.3) is 0 Å². The summed E-state index contributed by atoms with van der Waals surface area (Å²) in [6.07, 6.45) is 1.02. The third-order valence-electron chi connectivity index (χ3n) is 3.82. The number of nitrogens with zero attached hydrogens (tertiary/aromatic N) is 1. The zero-order chi connectivity index (χ0) is 14.0. The van der Waals surface area contributed by atoms with Gasteiger partial charge in [0, 0.05) is 12.6 Å². The molecule has 0 aromatic heterocycles. The summed E-state index contributed by atoms with van der Waals surface area (Å²) in [5.74, 6) is 0. The summed E-state index contributed by atoms with van der Waals surface area (Å²) in [6, 6.07) is 10.3. The molecule has 0 saturated carbocycles. The van der Waals surface area contributed by atoms with Crippen LogP contribution in [0.15, 0.2) is 30.3 Å². The van der Waals surface area contributed by atoms with Gasteiger partial charge in [-0.1, -0.05) is 30.3 Å². The molecule has 0 radical (unpaired) electrons. The molecule has 2 rings (SSSR count). The molecule has 1 saturated heterocycles. The Hall–Kier alpha value is -0.630. The van der Waals surface area contributed by atoms with Crippen molar-refractivity contribution < 1.29 is 9.09 Å². The van der Waals surface area contributed by atoms with E-state index in [2.05, 4.69) is 18.5 Å². The highest BCUT2D eigenvalue weighted by molar-refractivity contribution is 7.57. The topological polar surface area (TPSA) is 29.5 Å². The molecular weight excluding hydrogens is 257 g/mol.